The molecule has 0 unspecified atom stereocenters. The molecule has 0 aromatic carbocycles. The minimum atomic E-state index is -0.778. The Hall–Kier alpha value is -2.63. The first kappa shape index (κ1) is 66.4. The monoisotopic (exact) mass is 967 g/mol. The Bertz CT molecular complexity index is 1200. The maximum atomic E-state index is 12.8. The van der Waals surface area contributed by atoms with Crippen molar-refractivity contribution >= 4 is 17.9 Å². The molecule has 0 rings (SSSR count). The molecule has 1 atom stereocenters. The largest absolute Gasteiger partial charge is 0.462 e. The zero-order valence-corrected chi connectivity index (χ0v) is 46.1. The fourth-order valence-corrected chi connectivity index (χ4v) is 8.69. The molecular formula is C63H114O6. The highest BCUT2D eigenvalue weighted by Crippen LogP contribution is 2.16. The van der Waals surface area contributed by atoms with Crippen LogP contribution in [0, 0.1) is 0 Å². The van der Waals surface area contributed by atoms with Gasteiger partial charge in [0.15, 0.2) is 6.10 Å². The van der Waals surface area contributed by atoms with Crippen molar-refractivity contribution in [3.63, 3.8) is 0 Å². The standard InChI is InChI=1S/C63H114O6/c1-4-7-10-13-16-19-22-24-26-28-30-31-33-35-37-39-42-44-47-50-53-56-62(65)68-59-60(69-63(66)57-54-51-48-45-40-21-18-15-12-9-6-3)58-67-61(64)55-52-49-46-43-41-38-36-34-32-29-27-25-23-20-17-14-11-8-5-2/h15,17-18,20,24-27,60H,4-14,16,19,21-23,28-59H2,1-3H3/b18-15-,20-17-,26-24-,27-25-/t60-/m1/s1. The summed E-state index contributed by atoms with van der Waals surface area (Å²) in [5.41, 5.74) is 0. The number of hydrogen-bond donors (Lipinski definition) is 0. The first-order chi connectivity index (χ1) is 34.0. The van der Waals surface area contributed by atoms with Crippen LogP contribution in [-0.2, 0) is 28.6 Å². The normalized spacial score (nSPS) is 12.3. The number of esters is 3. The molecule has 0 radical (unpaired) electrons. The highest BCUT2D eigenvalue weighted by Gasteiger charge is 2.19. The molecule has 0 aliphatic rings. The molecule has 0 amide bonds. The summed E-state index contributed by atoms with van der Waals surface area (Å²) in [7, 11) is 0. The van der Waals surface area contributed by atoms with Crippen molar-refractivity contribution < 1.29 is 28.6 Å². The van der Waals surface area contributed by atoms with E-state index >= 15 is 0 Å². The van der Waals surface area contributed by atoms with Crippen LogP contribution in [0.15, 0.2) is 48.6 Å². The summed E-state index contributed by atoms with van der Waals surface area (Å²) >= 11 is 0. The first-order valence-electron chi connectivity index (χ1n) is 30.1. The van der Waals surface area contributed by atoms with Crippen molar-refractivity contribution in [2.45, 2.75) is 322 Å². The van der Waals surface area contributed by atoms with E-state index in [0.717, 1.165) is 77.0 Å². The van der Waals surface area contributed by atoms with Crippen molar-refractivity contribution in [3.8, 4) is 0 Å². The first-order valence-corrected chi connectivity index (χ1v) is 30.1. The average molecular weight is 968 g/mol. The summed E-state index contributed by atoms with van der Waals surface area (Å²) < 4.78 is 16.9. The number of carbonyl (C=O) groups is 3. The molecule has 0 saturated carbocycles. The average Bonchev–Trinajstić information content (AvgIpc) is 3.35. The summed E-state index contributed by atoms with van der Waals surface area (Å²) in [5.74, 6) is -0.877. The fraction of sp³-hybridized carbons (Fsp3) is 0.825. The minimum Gasteiger partial charge on any atom is -0.462 e. The lowest BCUT2D eigenvalue weighted by molar-refractivity contribution is -0.167. The molecule has 0 fully saturated rings. The van der Waals surface area contributed by atoms with Crippen LogP contribution in [0.25, 0.3) is 0 Å². The maximum Gasteiger partial charge on any atom is 0.306 e. The Balaban J connectivity index is 4.26. The van der Waals surface area contributed by atoms with Crippen LogP contribution in [0.1, 0.15) is 316 Å². The lowest BCUT2D eigenvalue weighted by atomic mass is 10.0. The number of hydrogen-bond acceptors (Lipinski definition) is 6. The second-order valence-electron chi connectivity index (χ2n) is 20.2. The molecule has 0 bridgehead atoms. The van der Waals surface area contributed by atoms with Crippen LogP contribution in [0.2, 0.25) is 0 Å². The molecule has 6 nitrogen and oxygen atoms in total. The number of carbonyl (C=O) groups excluding carboxylic acids is 3. The van der Waals surface area contributed by atoms with E-state index in [2.05, 4.69) is 69.4 Å². The van der Waals surface area contributed by atoms with Gasteiger partial charge in [-0.3, -0.25) is 14.4 Å². The van der Waals surface area contributed by atoms with Crippen LogP contribution in [-0.4, -0.2) is 37.2 Å². The van der Waals surface area contributed by atoms with Gasteiger partial charge in [-0.1, -0.05) is 249 Å². The highest BCUT2D eigenvalue weighted by molar-refractivity contribution is 5.71. The smallest absolute Gasteiger partial charge is 0.306 e. The molecule has 0 aliphatic carbocycles. The SMILES string of the molecule is CCCC/C=C\CCCCCCCC(=O)O[C@H](COC(=O)CCCCCCCCCCC/C=C\C/C=C\CCCCC)COC(=O)CCCCCCCCCCCCC/C=C\CCCCCCCC. The summed E-state index contributed by atoms with van der Waals surface area (Å²) in [6.45, 7) is 6.60. The quantitative estimate of drug-likeness (QED) is 0.0262. The van der Waals surface area contributed by atoms with E-state index in [0.29, 0.717) is 19.3 Å². The molecule has 0 heterocycles. The molecule has 0 aromatic rings. The van der Waals surface area contributed by atoms with Crippen LogP contribution in [0.3, 0.4) is 0 Å². The van der Waals surface area contributed by atoms with Crippen molar-refractivity contribution in [1.82, 2.24) is 0 Å². The van der Waals surface area contributed by atoms with Gasteiger partial charge in [0.05, 0.1) is 0 Å². The van der Waals surface area contributed by atoms with Crippen molar-refractivity contribution in [2.75, 3.05) is 13.2 Å². The van der Waals surface area contributed by atoms with E-state index in [1.165, 1.54) is 199 Å². The summed E-state index contributed by atoms with van der Waals surface area (Å²) in [6, 6.07) is 0. The van der Waals surface area contributed by atoms with E-state index < -0.39 is 6.10 Å². The van der Waals surface area contributed by atoms with E-state index in [1.807, 2.05) is 0 Å². The molecule has 0 N–H and O–H groups in total. The van der Waals surface area contributed by atoms with Crippen molar-refractivity contribution in [3.05, 3.63) is 48.6 Å². The predicted octanol–water partition coefficient (Wildman–Crippen LogP) is 20.2. The van der Waals surface area contributed by atoms with Gasteiger partial charge in [0, 0.05) is 19.3 Å². The van der Waals surface area contributed by atoms with Gasteiger partial charge in [-0.2, -0.15) is 0 Å². The van der Waals surface area contributed by atoms with Crippen LogP contribution in [0.5, 0.6) is 0 Å². The van der Waals surface area contributed by atoms with Crippen LogP contribution < -0.4 is 0 Å². The van der Waals surface area contributed by atoms with Gasteiger partial charge in [0.25, 0.3) is 0 Å². The summed E-state index contributed by atoms with van der Waals surface area (Å²) in [5, 5.41) is 0. The third kappa shape index (κ3) is 56.2. The molecule has 0 aromatic heterocycles. The predicted molar refractivity (Wildman–Crippen MR) is 298 cm³/mol. The van der Waals surface area contributed by atoms with Crippen LogP contribution in [0.4, 0.5) is 0 Å². The van der Waals surface area contributed by atoms with Gasteiger partial charge in [-0.05, 0) is 96.3 Å². The van der Waals surface area contributed by atoms with Gasteiger partial charge in [0.2, 0.25) is 0 Å². The number of unbranched alkanes of at least 4 members (excludes halogenated alkanes) is 36. The Kier molecular flexibility index (Phi) is 55.7. The van der Waals surface area contributed by atoms with Crippen molar-refractivity contribution in [1.29, 1.82) is 0 Å². The zero-order chi connectivity index (χ0) is 50.0. The summed E-state index contributed by atoms with van der Waals surface area (Å²) in [6.07, 6.45) is 71.1. The molecule has 0 spiro atoms. The Morgan fingerprint density at radius 3 is 0.884 bits per heavy atom. The lowest BCUT2D eigenvalue weighted by Gasteiger charge is -2.18. The Morgan fingerprint density at radius 1 is 0.290 bits per heavy atom. The van der Waals surface area contributed by atoms with E-state index in [-0.39, 0.29) is 31.1 Å². The second-order valence-corrected chi connectivity index (χ2v) is 20.2. The number of rotatable bonds is 55. The lowest BCUT2D eigenvalue weighted by Crippen LogP contribution is -2.30. The third-order valence-electron chi connectivity index (χ3n) is 13.3. The third-order valence-corrected chi connectivity index (χ3v) is 13.3. The van der Waals surface area contributed by atoms with Crippen molar-refractivity contribution in [2.24, 2.45) is 0 Å². The summed E-state index contributed by atoms with van der Waals surface area (Å²) in [4.78, 5) is 38.2. The maximum absolute atomic E-state index is 12.8. The topological polar surface area (TPSA) is 78.9 Å². The van der Waals surface area contributed by atoms with Gasteiger partial charge >= 0.3 is 17.9 Å². The van der Waals surface area contributed by atoms with Gasteiger partial charge in [-0.15, -0.1) is 0 Å². The zero-order valence-electron chi connectivity index (χ0n) is 46.1. The molecule has 402 valence electrons. The molecule has 6 heteroatoms. The van der Waals surface area contributed by atoms with Crippen LogP contribution >= 0.6 is 0 Å². The number of allylic oxidation sites excluding steroid dienone is 8. The minimum absolute atomic E-state index is 0.0763. The molecular weight excluding hydrogens is 853 g/mol. The Labute approximate surface area is 428 Å². The van der Waals surface area contributed by atoms with E-state index in [4.69, 9.17) is 14.2 Å². The van der Waals surface area contributed by atoms with E-state index in [1.54, 1.807) is 0 Å². The van der Waals surface area contributed by atoms with Gasteiger partial charge < -0.3 is 14.2 Å². The number of ether oxygens (including phenoxy) is 3. The van der Waals surface area contributed by atoms with Gasteiger partial charge in [0.1, 0.15) is 13.2 Å². The highest BCUT2D eigenvalue weighted by atomic mass is 16.6. The molecule has 69 heavy (non-hydrogen) atoms. The second kappa shape index (κ2) is 57.9. The fourth-order valence-electron chi connectivity index (χ4n) is 8.69. The van der Waals surface area contributed by atoms with E-state index in [9.17, 15) is 14.4 Å². The van der Waals surface area contributed by atoms with Gasteiger partial charge in [-0.25, -0.2) is 0 Å². The Morgan fingerprint density at radius 2 is 0.536 bits per heavy atom. The molecule has 0 saturated heterocycles. The molecule has 0 aliphatic heterocycles.